The molecule has 0 bridgehead atoms. The summed E-state index contributed by atoms with van der Waals surface area (Å²) < 4.78 is 5.81. The molecular weight excluding hydrogens is 340 g/mol. The van der Waals surface area contributed by atoms with E-state index in [4.69, 9.17) is 4.74 Å². The second-order valence-corrected chi connectivity index (χ2v) is 7.81. The van der Waals surface area contributed by atoms with Gasteiger partial charge in [0.25, 0.3) is 0 Å². The van der Waals surface area contributed by atoms with Crippen LogP contribution in [0.15, 0.2) is 48.8 Å². The number of hydrogen-bond acceptors (Lipinski definition) is 4. The van der Waals surface area contributed by atoms with E-state index in [9.17, 15) is 4.79 Å². The van der Waals surface area contributed by atoms with Gasteiger partial charge in [0.05, 0.1) is 12.2 Å². The SMILES string of the molecule is CC(C)(C)c1ccc(NC(=O)N2CCNCC2COc2cccnc2)cc1. The fourth-order valence-electron chi connectivity index (χ4n) is 3.05. The Morgan fingerprint density at radius 3 is 2.74 bits per heavy atom. The first-order chi connectivity index (χ1) is 12.9. The smallest absolute Gasteiger partial charge is 0.322 e. The third-order valence-electron chi connectivity index (χ3n) is 4.69. The van der Waals surface area contributed by atoms with Crippen LogP contribution in [0.5, 0.6) is 5.75 Å². The van der Waals surface area contributed by atoms with Gasteiger partial charge in [-0.1, -0.05) is 32.9 Å². The zero-order valence-corrected chi connectivity index (χ0v) is 16.2. The molecule has 3 rings (SSSR count). The first-order valence-corrected chi connectivity index (χ1v) is 9.35. The molecule has 0 saturated carbocycles. The Balaban J connectivity index is 1.61. The van der Waals surface area contributed by atoms with Crippen LogP contribution < -0.4 is 15.4 Å². The summed E-state index contributed by atoms with van der Waals surface area (Å²) in [6.07, 6.45) is 3.39. The summed E-state index contributed by atoms with van der Waals surface area (Å²) >= 11 is 0. The van der Waals surface area contributed by atoms with Gasteiger partial charge in [0.1, 0.15) is 12.4 Å². The van der Waals surface area contributed by atoms with E-state index in [1.807, 2.05) is 29.2 Å². The number of nitrogens with zero attached hydrogens (tertiary/aromatic N) is 2. The Morgan fingerprint density at radius 2 is 2.07 bits per heavy atom. The molecule has 1 aliphatic heterocycles. The average molecular weight is 368 g/mol. The maximum absolute atomic E-state index is 12.8. The highest BCUT2D eigenvalue weighted by molar-refractivity contribution is 5.89. The summed E-state index contributed by atoms with van der Waals surface area (Å²) in [5.74, 6) is 0.709. The number of carbonyl (C=O) groups excluding carboxylic acids is 1. The standard InChI is InChI=1S/C21H28N4O2/c1-21(2,3)16-6-8-17(9-7-16)24-20(26)25-12-11-23-13-18(25)15-27-19-5-4-10-22-14-19/h4-10,14,18,23H,11-13,15H2,1-3H3,(H,24,26). The number of piperazine rings is 1. The van der Waals surface area contributed by atoms with Gasteiger partial charge in [0.2, 0.25) is 0 Å². The van der Waals surface area contributed by atoms with E-state index in [2.05, 4.69) is 48.5 Å². The van der Waals surface area contributed by atoms with Crippen molar-refractivity contribution in [3.8, 4) is 5.75 Å². The van der Waals surface area contributed by atoms with Gasteiger partial charge in [-0.15, -0.1) is 0 Å². The predicted octanol–water partition coefficient (Wildman–Crippen LogP) is 3.26. The summed E-state index contributed by atoms with van der Waals surface area (Å²) in [5, 5.41) is 6.34. The summed E-state index contributed by atoms with van der Waals surface area (Å²) in [7, 11) is 0. The van der Waals surface area contributed by atoms with Crippen molar-refractivity contribution in [3.05, 3.63) is 54.4 Å². The molecule has 1 aliphatic rings. The fraction of sp³-hybridized carbons (Fsp3) is 0.429. The number of rotatable bonds is 4. The Kier molecular flexibility index (Phi) is 5.96. The van der Waals surface area contributed by atoms with E-state index in [-0.39, 0.29) is 17.5 Å². The summed E-state index contributed by atoms with van der Waals surface area (Å²) in [4.78, 5) is 18.7. The number of hydrogen-bond donors (Lipinski definition) is 2. The van der Waals surface area contributed by atoms with Gasteiger partial charge in [-0.3, -0.25) is 4.98 Å². The topological polar surface area (TPSA) is 66.5 Å². The Labute approximate surface area is 160 Å². The highest BCUT2D eigenvalue weighted by atomic mass is 16.5. The number of ether oxygens (including phenoxy) is 1. The Hall–Kier alpha value is -2.60. The third kappa shape index (κ3) is 5.20. The molecule has 1 saturated heterocycles. The van der Waals surface area contributed by atoms with Gasteiger partial charge in [-0.2, -0.15) is 0 Å². The number of pyridine rings is 1. The molecule has 2 amide bonds. The normalized spacial score (nSPS) is 17.4. The van der Waals surface area contributed by atoms with Crippen LogP contribution in [0.1, 0.15) is 26.3 Å². The molecule has 6 heteroatoms. The molecule has 1 fully saturated rings. The largest absolute Gasteiger partial charge is 0.490 e. The number of carbonyl (C=O) groups is 1. The molecule has 1 unspecified atom stereocenters. The Morgan fingerprint density at radius 1 is 1.30 bits per heavy atom. The minimum absolute atomic E-state index is 0.0344. The third-order valence-corrected chi connectivity index (χ3v) is 4.69. The highest BCUT2D eigenvalue weighted by Crippen LogP contribution is 2.23. The van der Waals surface area contributed by atoms with Crippen LogP contribution in [0.25, 0.3) is 0 Å². The lowest BCUT2D eigenvalue weighted by molar-refractivity contribution is 0.133. The second kappa shape index (κ2) is 8.39. The monoisotopic (exact) mass is 368 g/mol. The number of amides is 2. The highest BCUT2D eigenvalue weighted by Gasteiger charge is 2.27. The quantitative estimate of drug-likeness (QED) is 0.869. The van der Waals surface area contributed by atoms with Crippen molar-refractivity contribution in [1.29, 1.82) is 0 Å². The van der Waals surface area contributed by atoms with Crippen molar-refractivity contribution >= 4 is 11.7 Å². The summed E-state index contributed by atoms with van der Waals surface area (Å²) in [5.41, 5.74) is 2.14. The van der Waals surface area contributed by atoms with Crippen molar-refractivity contribution < 1.29 is 9.53 Å². The van der Waals surface area contributed by atoms with Gasteiger partial charge in [-0.25, -0.2) is 4.79 Å². The maximum atomic E-state index is 12.8. The first-order valence-electron chi connectivity index (χ1n) is 9.35. The minimum Gasteiger partial charge on any atom is -0.490 e. The van der Waals surface area contributed by atoms with Crippen LogP contribution in [0, 0.1) is 0 Å². The lowest BCUT2D eigenvalue weighted by atomic mass is 9.87. The van der Waals surface area contributed by atoms with Gasteiger partial charge >= 0.3 is 6.03 Å². The molecule has 6 nitrogen and oxygen atoms in total. The van der Waals surface area contributed by atoms with Crippen molar-refractivity contribution in [2.45, 2.75) is 32.2 Å². The van der Waals surface area contributed by atoms with Crippen molar-refractivity contribution in [1.82, 2.24) is 15.2 Å². The van der Waals surface area contributed by atoms with Crippen LogP contribution in [-0.4, -0.2) is 48.2 Å². The number of urea groups is 1. The number of aromatic nitrogens is 1. The minimum atomic E-state index is -0.0974. The number of nitrogens with one attached hydrogen (secondary N) is 2. The molecule has 2 aromatic rings. The second-order valence-electron chi connectivity index (χ2n) is 7.81. The summed E-state index contributed by atoms with van der Waals surface area (Å²) in [6, 6.07) is 11.6. The van der Waals surface area contributed by atoms with E-state index < -0.39 is 0 Å². The molecule has 0 spiro atoms. The van der Waals surface area contributed by atoms with Gasteiger partial charge in [0.15, 0.2) is 0 Å². The van der Waals surface area contributed by atoms with E-state index in [1.165, 1.54) is 5.56 Å². The zero-order chi connectivity index (χ0) is 19.3. The fourth-order valence-corrected chi connectivity index (χ4v) is 3.05. The Bertz CT molecular complexity index is 741. The van der Waals surface area contributed by atoms with Crippen LogP contribution in [0.4, 0.5) is 10.5 Å². The summed E-state index contributed by atoms with van der Waals surface area (Å²) in [6.45, 7) is 9.08. The van der Waals surface area contributed by atoms with Crippen LogP contribution in [-0.2, 0) is 5.41 Å². The van der Waals surface area contributed by atoms with E-state index in [0.29, 0.717) is 25.4 Å². The van der Waals surface area contributed by atoms with Crippen molar-refractivity contribution in [2.24, 2.45) is 0 Å². The zero-order valence-electron chi connectivity index (χ0n) is 16.2. The van der Waals surface area contributed by atoms with Crippen LogP contribution in [0.3, 0.4) is 0 Å². The van der Waals surface area contributed by atoms with Gasteiger partial charge in [0, 0.05) is 31.5 Å². The van der Waals surface area contributed by atoms with Crippen molar-refractivity contribution in [2.75, 3.05) is 31.6 Å². The molecule has 1 atom stereocenters. The van der Waals surface area contributed by atoms with Crippen LogP contribution in [0.2, 0.25) is 0 Å². The van der Waals surface area contributed by atoms with Crippen LogP contribution >= 0.6 is 0 Å². The molecule has 2 N–H and O–H groups in total. The van der Waals surface area contributed by atoms with E-state index in [1.54, 1.807) is 12.4 Å². The molecule has 0 aliphatic carbocycles. The van der Waals surface area contributed by atoms with Gasteiger partial charge in [-0.05, 0) is 35.2 Å². The molecule has 27 heavy (non-hydrogen) atoms. The van der Waals surface area contributed by atoms with E-state index >= 15 is 0 Å². The van der Waals surface area contributed by atoms with Crippen molar-refractivity contribution in [3.63, 3.8) is 0 Å². The molecule has 1 aromatic heterocycles. The predicted molar refractivity (Wildman–Crippen MR) is 107 cm³/mol. The number of benzene rings is 1. The number of anilines is 1. The molecule has 144 valence electrons. The molecule has 1 aromatic carbocycles. The first kappa shape index (κ1) is 19.2. The maximum Gasteiger partial charge on any atom is 0.322 e. The van der Waals surface area contributed by atoms with Gasteiger partial charge < -0.3 is 20.3 Å². The molecule has 2 heterocycles. The average Bonchev–Trinajstić information content (AvgIpc) is 2.67. The lowest BCUT2D eigenvalue weighted by Crippen LogP contribution is -2.57. The lowest BCUT2D eigenvalue weighted by Gasteiger charge is -2.36. The molecule has 0 radical (unpaired) electrons. The van der Waals surface area contributed by atoms with E-state index in [0.717, 1.165) is 12.2 Å². The molecular formula is C21H28N4O2.